The van der Waals surface area contributed by atoms with Crippen LogP contribution in [-0.4, -0.2) is 18.5 Å². The Balaban J connectivity index is 2.13. The van der Waals surface area contributed by atoms with Gasteiger partial charge >= 0.3 is 0 Å². The molecule has 0 aliphatic carbocycles. The maximum atomic E-state index is 5.96. The van der Waals surface area contributed by atoms with Gasteiger partial charge in [-0.05, 0) is 53.2 Å². The van der Waals surface area contributed by atoms with Gasteiger partial charge in [0, 0.05) is 18.0 Å². The van der Waals surface area contributed by atoms with Crippen LogP contribution in [0.15, 0.2) is 40.2 Å². The van der Waals surface area contributed by atoms with E-state index >= 15 is 0 Å². The summed E-state index contributed by atoms with van der Waals surface area (Å²) in [7, 11) is 2.14. The Morgan fingerprint density at radius 1 is 1.26 bits per heavy atom. The summed E-state index contributed by atoms with van der Waals surface area (Å²) >= 11 is 5.27. The van der Waals surface area contributed by atoms with Gasteiger partial charge in [-0.3, -0.25) is 4.90 Å². The summed E-state index contributed by atoms with van der Waals surface area (Å²) < 4.78 is 1.16. The number of benzene rings is 1. The summed E-state index contributed by atoms with van der Waals surface area (Å²) in [4.78, 5) is 3.63. The van der Waals surface area contributed by atoms with E-state index in [0.29, 0.717) is 6.54 Å². The van der Waals surface area contributed by atoms with E-state index in [9.17, 15) is 0 Å². The number of aryl methyl sites for hydroxylation is 1. The molecular weight excluding hydrogens is 320 g/mol. The zero-order chi connectivity index (χ0) is 13.8. The van der Waals surface area contributed by atoms with Crippen molar-refractivity contribution in [1.29, 1.82) is 0 Å². The highest BCUT2D eigenvalue weighted by Crippen LogP contribution is 2.30. The number of nitrogens with two attached hydrogens (primary N) is 1. The van der Waals surface area contributed by atoms with Gasteiger partial charge < -0.3 is 5.73 Å². The molecule has 0 amide bonds. The third kappa shape index (κ3) is 3.66. The average molecular weight is 339 g/mol. The minimum absolute atomic E-state index is 0.274. The lowest BCUT2D eigenvalue weighted by Crippen LogP contribution is -2.29. The normalized spacial score (nSPS) is 12.9. The zero-order valence-corrected chi connectivity index (χ0v) is 13.7. The van der Waals surface area contributed by atoms with E-state index < -0.39 is 0 Å². The van der Waals surface area contributed by atoms with Gasteiger partial charge in [0.15, 0.2) is 0 Å². The molecule has 0 saturated heterocycles. The first-order chi connectivity index (χ1) is 9.11. The van der Waals surface area contributed by atoms with Crippen LogP contribution in [0.5, 0.6) is 0 Å². The van der Waals surface area contributed by atoms with Crippen LogP contribution in [0.3, 0.4) is 0 Å². The molecule has 0 saturated carbocycles. The maximum Gasteiger partial charge on any atom is 0.0702 e. The van der Waals surface area contributed by atoms with Gasteiger partial charge in [-0.15, -0.1) is 11.3 Å². The topological polar surface area (TPSA) is 29.3 Å². The maximum absolute atomic E-state index is 5.96. The minimum Gasteiger partial charge on any atom is -0.329 e. The van der Waals surface area contributed by atoms with Crippen molar-refractivity contribution >= 4 is 27.3 Å². The molecule has 0 fully saturated rings. The number of nitrogens with zero attached hydrogens (tertiary/aromatic N) is 1. The third-order valence-corrected chi connectivity index (χ3v) is 5.08. The number of halogens is 1. The highest BCUT2D eigenvalue weighted by molar-refractivity contribution is 9.11. The van der Waals surface area contributed by atoms with Crippen LogP contribution in [0.1, 0.15) is 22.0 Å². The van der Waals surface area contributed by atoms with Crippen LogP contribution in [0.4, 0.5) is 0 Å². The second-order valence-corrected chi connectivity index (χ2v) is 7.23. The highest BCUT2D eigenvalue weighted by atomic mass is 79.9. The number of hydrogen-bond donors (Lipinski definition) is 1. The van der Waals surface area contributed by atoms with Crippen LogP contribution in [0.2, 0.25) is 0 Å². The molecule has 1 heterocycles. The van der Waals surface area contributed by atoms with E-state index in [1.165, 1.54) is 16.0 Å². The van der Waals surface area contributed by atoms with E-state index in [1.807, 2.05) is 0 Å². The zero-order valence-electron chi connectivity index (χ0n) is 11.3. The molecule has 1 aromatic heterocycles. The third-order valence-electron chi connectivity index (χ3n) is 3.36. The van der Waals surface area contributed by atoms with Crippen molar-refractivity contribution in [2.75, 3.05) is 13.6 Å². The molecule has 0 bridgehead atoms. The molecule has 2 N–H and O–H groups in total. The molecule has 0 aliphatic heterocycles. The van der Waals surface area contributed by atoms with E-state index in [4.69, 9.17) is 5.73 Å². The predicted octanol–water partition coefficient (Wildman–Crippen LogP) is 3.95. The summed E-state index contributed by atoms with van der Waals surface area (Å²) in [6.07, 6.45) is 0. The van der Waals surface area contributed by atoms with Gasteiger partial charge in [0.1, 0.15) is 0 Å². The molecular formula is C15H19BrN2S. The molecule has 0 radical (unpaired) electrons. The molecule has 1 aromatic carbocycles. The average Bonchev–Trinajstić information content (AvgIpc) is 2.80. The lowest BCUT2D eigenvalue weighted by atomic mass is 10.1. The number of hydrogen-bond acceptors (Lipinski definition) is 3. The Kier molecular flexibility index (Phi) is 5.16. The van der Waals surface area contributed by atoms with Crippen LogP contribution < -0.4 is 5.73 Å². The molecule has 1 atom stereocenters. The lowest BCUT2D eigenvalue weighted by Gasteiger charge is -2.26. The van der Waals surface area contributed by atoms with Crippen molar-refractivity contribution in [3.8, 4) is 0 Å². The van der Waals surface area contributed by atoms with Gasteiger partial charge in [0.05, 0.1) is 9.83 Å². The highest BCUT2D eigenvalue weighted by Gasteiger charge is 2.17. The van der Waals surface area contributed by atoms with E-state index in [2.05, 4.69) is 71.2 Å². The van der Waals surface area contributed by atoms with Crippen LogP contribution in [0, 0.1) is 6.92 Å². The Hall–Kier alpha value is -0.680. The van der Waals surface area contributed by atoms with Crippen molar-refractivity contribution in [3.63, 3.8) is 0 Å². The van der Waals surface area contributed by atoms with E-state index in [-0.39, 0.29) is 6.04 Å². The predicted molar refractivity (Wildman–Crippen MR) is 86.5 cm³/mol. The smallest absolute Gasteiger partial charge is 0.0702 e. The van der Waals surface area contributed by atoms with Crippen LogP contribution in [0.25, 0.3) is 0 Å². The molecule has 0 spiro atoms. The first-order valence-electron chi connectivity index (χ1n) is 6.32. The number of thiophene rings is 1. The van der Waals surface area contributed by atoms with Crippen molar-refractivity contribution in [3.05, 3.63) is 56.2 Å². The van der Waals surface area contributed by atoms with Crippen molar-refractivity contribution < 1.29 is 0 Å². The van der Waals surface area contributed by atoms with Gasteiger partial charge in [-0.25, -0.2) is 0 Å². The minimum atomic E-state index is 0.274. The van der Waals surface area contributed by atoms with Gasteiger partial charge in [0.2, 0.25) is 0 Å². The first kappa shape index (κ1) is 14.7. The van der Waals surface area contributed by atoms with Crippen LogP contribution >= 0.6 is 27.3 Å². The van der Waals surface area contributed by atoms with Crippen molar-refractivity contribution in [2.24, 2.45) is 5.73 Å². The second kappa shape index (κ2) is 6.66. The largest absolute Gasteiger partial charge is 0.329 e. The summed E-state index contributed by atoms with van der Waals surface area (Å²) in [6, 6.07) is 13.0. The van der Waals surface area contributed by atoms with E-state index in [0.717, 1.165) is 10.3 Å². The Morgan fingerprint density at radius 3 is 2.58 bits per heavy atom. The molecule has 19 heavy (non-hydrogen) atoms. The summed E-state index contributed by atoms with van der Waals surface area (Å²) in [6.45, 7) is 3.71. The van der Waals surface area contributed by atoms with Gasteiger partial charge in [-0.2, -0.15) is 0 Å². The molecule has 102 valence electrons. The Labute approximate surface area is 127 Å². The van der Waals surface area contributed by atoms with Crippen molar-refractivity contribution in [1.82, 2.24) is 4.90 Å². The molecule has 1 unspecified atom stereocenters. The molecule has 2 nitrogen and oxygen atoms in total. The fourth-order valence-corrected chi connectivity index (χ4v) is 3.79. The SMILES string of the molecule is Cc1ccccc1CN(C)C(CN)c1ccc(Br)s1. The van der Waals surface area contributed by atoms with Crippen LogP contribution in [-0.2, 0) is 6.54 Å². The summed E-state index contributed by atoms with van der Waals surface area (Å²) in [5.41, 5.74) is 8.65. The summed E-state index contributed by atoms with van der Waals surface area (Å²) in [5.74, 6) is 0. The molecule has 4 heteroatoms. The molecule has 0 aliphatic rings. The Bertz CT molecular complexity index is 538. The first-order valence-corrected chi connectivity index (χ1v) is 7.93. The van der Waals surface area contributed by atoms with E-state index in [1.54, 1.807) is 11.3 Å². The fourth-order valence-electron chi connectivity index (χ4n) is 2.19. The lowest BCUT2D eigenvalue weighted by molar-refractivity contribution is 0.244. The quantitative estimate of drug-likeness (QED) is 0.894. The molecule has 2 aromatic rings. The Morgan fingerprint density at radius 2 is 2.00 bits per heavy atom. The number of likely N-dealkylation sites (N-methyl/N-ethyl adjacent to an activating group) is 1. The molecule has 2 rings (SSSR count). The standard InChI is InChI=1S/C15H19BrN2S/c1-11-5-3-4-6-12(11)10-18(2)13(9-17)14-7-8-15(16)19-14/h3-8,13H,9-10,17H2,1-2H3. The fraction of sp³-hybridized carbons (Fsp3) is 0.333. The second-order valence-electron chi connectivity index (χ2n) is 4.73. The van der Waals surface area contributed by atoms with Crippen molar-refractivity contribution in [2.45, 2.75) is 19.5 Å². The monoisotopic (exact) mass is 338 g/mol. The summed E-state index contributed by atoms with van der Waals surface area (Å²) in [5, 5.41) is 0. The van der Waals surface area contributed by atoms with Gasteiger partial charge in [-0.1, -0.05) is 24.3 Å². The number of rotatable bonds is 5. The van der Waals surface area contributed by atoms with Gasteiger partial charge in [0.25, 0.3) is 0 Å².